The van der Waals surface area contributed by atoms with Crippen molar-refractivity contribution >= 4 is 11.5 Å². The highest BCUT2D eigenvalue weighted by atomic mass is 19.2. The highest BCUT2D eigenvalue weighted by molar-refractivity contribution is 5.59. The molecule has 1 aromatic carbocycles. The summed E-state index contributed by atoms with van der Waals surface area (Å²) in [5.41, 5.74) is 0.651. The number of nitriles is 1. The standard InChI is InChI=1S/C13H10F2N4/c1-8-17-9(7-16)5-13(18-8)19(2)10-3-4-11(14)12(15)6-10/h3-6H,1-2H3. The number of aromatic nitrogens is 2. The Labute approximate surface area is 109 Å². The van der Waals surface area contributed by atoms with Gasteiger partial charge in [0.05, 0.1) is 0 Å². The van der Waals surface area contributed by atoms with Crippen molar-refractivity contribution in [3.05, 3.63) is 47.4 Å². The van der Waals surface area contributed by atoms with E-state index in [1.165, 1.54) is 12.1 Å². The van der Waals surface area contributed by atoms with Gasteiger partial charge in [0.25, 0.3) is 0 Å². The number of hydrogen-bond donors (Lipinski definition) is 0. The summed E-state index contributed by atoms with van der Waals surface area (Å²) < 4.78 is 26.1. The lowest BCUT2D eigenvalue weighted by Crippen LogP contribution is -2.13. The van der Waals surface area contributed by atoms with Gasteiger partial charge in [-0.1, -0.05) is 0 Å². The zero-order valence-electron chi connectivity index (χ0n) is 10.4. The molecule has 1 heterocycles. The Bertz CT molecular complexity index is 664. The molecule has 0 unspecified atom stereocenters. The van der Waals surface area contributed by atoms with Crippen LogP contribution in [-0.2, 0) is 0 Å². The minimum Gasteiger partial charge on any atom is -0.329 e. The molecule has 6 heteroatoms. The summed E-state index contributed by atoms with van der Waals surface area (Å²) in [6.45, 7) is 1.66. The molecule has 0 aliphatic carbocycles. The average molecular weight is 260 g/mol. The second-order valence-electron chi connectivity index (χ2n) is 3.93. The summed E-state index contributed by atoms with van der Waals surface area (Å²) in [7, 11) is 1.65. The van der Waals surface area contributed by atoms with Crippen molar-refractivity contribution < 1.29 is 8.78 Å². The Balaban J connectivity index is 2.43. The van der Waals surface area contributed by atoms with Gasteiger partial charge in [-0.2, -0.15) is 5.26 Å². The highest BCUT2D eigenvalue weighted by Gasteiger charge is 2.11. The first-order valence-corrected chi connectivity index (χ1v) is 5.46. The van der Waals surface area contributed by atoms with E-state index in [1.807, 2.05) is 6.07 Å². The van der Waals surface area contributed by atoms with Crippen LogP contribution in [0.4, 0.5) is 20.3 Å². The fourth-order valence-electron chi connectivity index (χ4n) is 1.61. The van der Waals surface area contributed by atoms with E-state index in [2.05, 4.69) is 9.97 Å². The van der Waals surface area contributed by atoms with E-state index in [9.17, 15) is 8.78 Å². The van der Waals surface area contributed by atoms with Gasteiger partial charge in [0.1, 0.15) is 23.4 Å². The smallest absolute Gasteiger partial charge is 0.160 e. The number of rotatable bonds is 2. The van der Waals surface area contributed by atoms with Crippen LogP contribution in [0.15, 0.2) is 24.3 Å². The molecule has 1 aromatic heterocycles. The van der Waals surface area contributed by atoms with Crippen LogP contribution in [0.25, 0.3) is 0 Å². The molecule has 19 heavy (non-hydrogen) atoms. The second kappa shape index (κ2) is 4.98. The quantitative estimate of drug-likeness (QED) is 0.833. The SMILES string of the molecule is Cc1nc(C#N)cc(N(C)c2ccc(F)c(F)c2)n1. The predicted molar refractivity (Wildman–Crippen MR) is 65.9 cm³/mol. The van der Waals surface area contributed by atoms with Gasteiger partial charge < -0.3 is 4.90 Å². The van der Waals surface area contributed by atoms with Crippen molar-refractivity contribution in [1.29, 1.82) is 5.26 Å². The zero-order chi connectivity index (χ0) is 14.0. The molecule has 0 bridgehead atoms. The van der Waals surface area contributed by atoms with Crippen LogP contribution >= 0.6 is 0 Å². The molecule has 0 fully saturated rings. The lowest BCUT2D eigenvalue weighted by molar-refractivity contribution is 0.509. The molecular weight excluding hydrogens is 250 g/mol. The molecule has 2 rings (SSSR count). The lowest BCUT2D eigenvalue weighted by atomic mass is 10.2. The molecule has 96 valence electrons. The van der Waals surface area contributed by atoms with Crippen LogP contribution in [0.2, 0.25) is 0 Å². The van der Waals surface area contributed by atoms with Crippen molar-refractivity contribution in [3.63, 3.8) is 0 Å². The summed E-state index contributed by atoms with van der Waals surface area (Å²) in [6, 6.07) is 6.95. The van der Waals surface area contributed by atoms with Gasteiger partial charge >= 0.3 is 0 Å². The molecule has 0 spiro atoms. The Hall–Kier alpha value is -2.55. The second-order valence-corrected chi connectivity index (χ2v) is 3.93. The third-order valence-corrected chi connectivity index (χ3v) is 2.57. The Morgan fingerprint density at radius 3 is 2.53 bits per heavy atom. The minimum atomic E-state index is -0.935. The van der Waals surface area contributed by atoms with Gasteiger partial charge in [-0.05, 0) is 19.1 Å². The molecule has 0 aliphatic heterocycles. The van der Waals surface area contributed by atoms with Crippen molar-refractivity contribution in [2.75, 3.05) is 11.9 Å². The first-order chi connectivity index (χ1) is 9.01. The number of hydrogen-bond acceptors (Lipinski definition) is 4. The van der Waals surface area contributed by atoms with E-state index in [-0.39, 0.29) is 5.69 Å². The normalized spacial score (nSPS) is 10.1. The monoisotopic (exact) mass is 260 g/mol. The number of anilines is 2. The van der Waals surface area contributed by atoms with Gasteiger partial charge in [-0.15, -0.1) is 0 Å². The largest absolute Gasteiger partial charge is 0.329 e. The van der Waals surface area contributed by atoms with E-state index in [0.29, 0.717) is 17.3 Å². The van der Waals surface area contributed by atoms with Crippen molar-refractivity contribution in [1.82, 2.24) is 9.97 Å². The van der Waals surface area contributed by atoms with Gasteiger partial charge in [0.2, 0.25) is 0 Å². The van der Waals surface area contributed by atoms with E-state index in [0.717, 1.165) is 12.1 Å². The van der Waals surface area contributed by atoms with E-state index < -0.39 is 11.6 Å². The maximum absolute atomic E-state index is 13.2. The molecule has 0 N–H and O–H groups in total. The molecule has 4 nitrogen and oxygen atoms in total. The van der Waals surface area contributed by atoms with Gasteiger partial charge in [0.15, 0.2) is 11.6 Å². The van der Waals surface area contributed by atoms with Crippen LogP contribution in [-0.4, -0.2) is 17.0 Å². The first kappa shape index (κ1) is 12.9. The number of benzene rings is 1. The number of halogens is 2. The molecule has 0 atom stereocenters. The summed E-state index contributed by atoms with van der Waals surface area (Å²) in [5, 5.41) is 8.85. The maximum Gasteiger partial charge on any atom is 0.160 e. The topological polar surface area (TPSA) is 52.8 Å². The van der Waals surface area contributed by atoms with Crippen molar-refractivity contribution in [2.24, 2.45) is 0 Å². The summed E-state index contributed by atoms with van der Waals surface area (Å²) >= 11 is 0. The van der Waals surface area contributed by atoms with Crippen molar-refractivity contribution in [3.8, 4) is 6.07 Å². The average Bonchev–Trinajstić information content (AvgIpc) is 2.40. The van der Waals surface area contributed by atoms with Gasteiger partial charge in [-0.3, -0.25) is 0 Å². The van der Waals surface area contributed by atoms with Gasteiger partial charge in [-0.25, -0.2) is 18.7 Å². The fourth-order valence-corrected chi connectivity index (χ4v) is 1.61. The third kappa shape index (κ3) is 2.65. The fraction of sp³-hybridized carbons (Fsp3) is 0.154. The van der Waals surface area contributed by atoms with Crippen LogP contribution in [0, 0.1) is 29.9 Å². The number of nitrogens with zero attached hydrogens (tertiary/aromatic N) is 4. The van der Waals surface area contributed by atoms with Crippen LogP contribution in [0.5, 0.6) is 0 Å². The number of aryl methyl sites for hydroxylation is 1. The molecular formula is C13H10F2N4. The molecule has 0 aliphatic rings. The summed E-state index contributed by atoms with van der Waals surface area (Å²) in [6.07, 6.45) is 0. The highest BCUT2D eigenvalue weighted by Crippen LogP contribution is 2.23. The molecule has 0 saturated heterocycles. The lowest BCUT2D eigenvalue weighted by Gasteiger charge is -2.18. The van der Waals surface area contributed by atoms with E-state index >= 15 is 0 Å². The van der Waals surface area contributed by atoms with E-state index in [1.54, 1.807) is 18.9 Å². The van der Waals surface area contributed by atoms with Gasteiger partial charge in [0, 0.05) is 24.9 Å². The maximum atomic E-state index is 13.2. The predicted octanol–water partition coefficient (Wildman–Crippen LogP) is 2.70. The minimum absolute atomic E-state index is 0.219. The van der Waals surface area contributed by atoms with Crippen LogP contribution in [0.1, 0.15) is 11.5 Å². The zero-order valence-corrected chi connectivity index (χ0v) is 10.4. The molecule has 0 radical (unpaired) electrons. The Kier molecular flexibility index (Phi) is 3.38. The van der Waals surface area contributed by atoms with Crippen LogP contribution < -0.4 is 4.90 Å². The first-order valence-electron chi connectivity index (χ1n) is 5.46. The Morgan fingerprint density at radius 2 is 1.89 bits per heavy atom. The molecule has 0 saturated carbocycles. The third-order valence-electron chi connectivity index (χ3n) is 2.57. The van der Waals surface area contributed by atoms with Crippen LogP contribution in [0.3, 0.4) is 0 Å². The summed E-state index contributed by atoms with van der Waals surface area (Å²) in [4.78, 5) is 9.64. The summed E-state index contributed by atoms with van der Waals surface area (Å²) in [5.74, 6) is -0.970. The van der Waals surface area contributed by atoms with E-state index in [4.69, 9.17) is 5.26 Å². The van der Waals surface area contributed by atoms with Crippen molar-refractivity contribution in [2.45, 2.75) is 6.92 Å². The molecule has 0 amide bonds. The molecule has 2 aromatic rings. The Morgan fingerprint density at radius 1 is 1.16 bits per heavy atom.